The smallest absolute Gasteiger partial charge is 0.237 e. The van der Waals surface area contributed by atoms with Crippen molar-refractivity contribution in [2.75, 3.05) is 13.7 Å². The Morgan fingerprint density at radius 2 is 2.10 bits per heavy atom. The first-order chi connectivity index (χ1) is 9.58. The Labute approximate surface area is 119 Å². The zero-order chi connectivity index (χ0) is 15.0. The highest BCUT2D eigenvalue weighted by atomic mass is 16.5. The maximum atomic E-state index is 11.9. The topological polar surface area (TPSA) is 88.1 Å². The maximum Gasteiger partial charge on any atom is 0.237 e. The number of ether oxygens (including phenoxy) is 1. The van der Waals surface area contributed by atoms with Gasteiger partial charge in [-0.05, 0) is 37.5 Å². The number of carbonyl (C=O) groups excluding carboxylic acids is 1. The first-order valence-electron chi connectivity index (χ1n) is 6.63. The monoisotopic (exact) mass is 275 g/mol. The number of amides is 1. The minimum absolute atomic E-state index is 0.135. The molecule has 0 saturated heterocycles. The normalized spacial score (nSPS) is 13.3. The lowest BCUT2D eigenvalue weighted by Crippen LogP contribution is -2.41. The van der Waals surface area contributed by atoms with Crippen LogP contribution in [-0.4, -0.2) is 25.7 Å². The Balaban J connectivity index is 2.49. The number of rotatable bonds is 7. The number of methoxy groups -OCH3 is 1. The van der Waals surface area contributed by atoms with Crippen molar-refractivity contribution in [1.29, 1.82) is 5.26 Å². The highest BCUT2D eigenvalue weighted by Gasteiger charge is 2.16. The lowest BCUT2D eigenvalue weighted by Gasteiger charge is -2.18. The van der Waals surface area contributed by atoms with Crippen LogP contribution in [-0.2, 0) is 9.53 Å². The molecule has 20 heavy (non-hydrogen) atoms. The standard InChI is InChI=1S/C15H21N3O2/c1-11(13-7-5-12(10-16)6-8-13)18-15(19)14(17)4-3-9-20-2/h5-8,11,14H,3-4,9,17H2,1-2H3,(H,18,19). The number of carbonyl (C=O) groups is 1. The molecule has 1 rings (SSSR count). The predicted octanol–water partition coefficient (Wildman–Crippen LogP) is 1.49. The van der Waals surface area contributed by atoms with Crippen LogP contribution in [0, 0.1) is 11.3 Å². The average Bonchev–Trinajstić information content (AvgIpc) is 2.47. The molecule has 1 aromatic rings. The zero-order valence-corrected chi connectivity index (χ0v) is 11.9. The fraction of sp³-hybridized carbons (Fsp3) is 0.467. The van der Waals surface area contributed by atoms with Gasteiger partial charge in [0.1, 0.15) is 0 Å². The minimum Gasteiger partial charge on any atom is -0.385 e. The summed E-state index contributed by atoms with van der Waals surface area (Å²) in [5.74, 6) is -0.169. The van der Waals surface area contributed by atoms with E-state index in [4.69, 9.17) is 15.7 Å². The minimum atomic E-state index is -0.522. The van der Waals surface area contributed by atoms with Crippen molar-refractivity contribution in [2.24, 2.45) is 5.73 Å². The van der Waals surface area contributed by atoms with Gasteiger partial charge < -0.3 is 15.8 Å². The van der Waals surface area contributed by atoms with E-state index in [1.165, 1.54) is 0 Å². The molecule has 0 fully saturated rings. The number of nitrogens with two attached hydrogens (primary N) is 1. The largest absolute Gasteiger partial charge is 0.385 e. The van der Waals surface area contributed by atoms with Crippen LogP contribution in [0.2, 0.25) is 0 Å². The molecule has 0 heterocycles. The van der Waals surface area contributed by atoms with E-state index in [0.717, 1.165) is 12.0 Å². The van der Waals surface area contributed by atoms with Gasteiger partial charge in [0.2, 0.25) is 5.91 Å². The van der Waals surface area contributed by atoms with Crippen LogP contribution in [0.25, 0.3) is 0 Å². The molecule has 5 heteroatoms. The Bertz CT molecular complexity index is 465. The van der Waals surface area contributed by atoms with Gasteiger partial charge in [-0.1, -0.05) is 12.1 Å². The molecule has 0 aromatic heterocycles. The summed E-state index contributed by atoms with van der Waals surface area (Å²) < 4.78 is 4.93. The van der Waals surface area contributed by atoms with E-state index in [2.05, 4.69) is 11.4 Å². The van der Waals surface area contributed by atoms with Crippen molar-refractivity contribution in [2.45, 2.75) is 31.8 Å². The van der Waals surface area contributed by atoms with Gasteiger partial charge >= 0.3 is 0 Å². The Kier molecular flexibility index (Phi) is 6.71. The van der Waals surface area contributed by atoms with Crippen LogP contribution in [0.5, 0.6) is 0 Å². The maximum absolute atomic E-state index is 11.9. The summed E-state index contributed by atoms with van der Waals surface area (Å²) in [5.41, 5.74) is 7.37. The van der Waals surface area contributed by atoms with Crippen molar-refractivity contribution in [3.8, 4) is 6.07 Å². The van der Waals surface area contributed by atoms with Crippen LogP contribution in [0.4, 0.5) is 0 Å². The number of benzene rings is 1. The number of nitrogens with zero attached hydrogens (tertiary/aromatic N) is 1. The van der Waals surface area contributed by atoms with Gasteiger partial charge in [-0.2, -0.15) is 5.26 Å². The Morgan fingerprint density at radius 3 is 2.65 bits per heavy atom. The molecule has 2 atom stereocenters. The summed E-state index contributed by atoms with van der Waals surface area (Å²) in [6.07, 6.45) is 1.36. The first-order valence-corrected chi connectivity index (χ1v) is 6.63. The second kappa shape index (κ2) is 8.31. The molecule has 5 nitrogen and oxygen atoms in total. The summed E-state index contributed by atoms with van der Waals surface area (Å²) in [5, 5.41) is 11.6. The summed E-state index contributed by atoms with van der Waals surface area (Å²) in [4.78, 5) is 11.9. The van der Waals surface area contributed by atoms with Crippen LogP contribution < -0.4 is 11.1 Å². The van der Waals surface area contributed by atoms with E-state index < -0.39 is 6.04 Å². The zero-order valence-electron chi connectivity index (χ0n) is 11.9. The molecular weight excluding hydrogens is 254 g/mol. The molecule has 0 saturated carbocycles. The fourth-order valence-corrected chi connectivity index (χ4v) is 1.83. The van der Waals surface area contributed by atoms with E-state index in [1.807, 2.05) is 19.1 Å². The van der Waals surface area contributed by atoms with E-state index in [0.29, 0.717) is 18.6 Å². The molecule has 2 unspecified atom stereocenters. The molecule has 0 aliphatic heterocycles. The summed E-state index contributed by atoms with van der Waals surface area (Å²) >= 11 is 0. The van der Waals surface area contributed by atoms with Crippen LogP contribution in [0.1, 0.15) is 36.9 Å². The van der Waals surface area contributed by atoms with Crippen LogP contribution >= 0.6 is 0 Å². The summed E-state index contributed by atoms with van der Waals surface area (Å²) in [6.45, 7) is 2.49. The lowest BCUT2D eigenvalue weighted by molar-refractivity contribution is -0.123. The van der Waals surface area contributed by atoms with Crippen LogP contribution in [0.15, 0.2) is 24.3 Å². The first kappa shape index (κ1) is 16.2. The van der Waals surface area contributed by atoms with Crippen molar-refractivity contribution in [3.05, 3.63) is 35.4 Å². The van der Waals surface area contributed by atoms with E-state index in [1.54, 1.807) is 19.2 Å². The van der Waals surface area contributed by atoms with Crippen LogP contribution in [0.3, 0.4) is 0 Å². The SMILES string of the molecule is COCCCC(N)C(=O)NC(C)c1ccc(C#N)cc1. The third-order valence-electron chi connectivity index (χ3n) is 3.10. The van der Waals surface area contributed by atoms with Gasteiger partial charge in [0.25, 0.3) is 0 Å². The van der Waals surface area contributed by atoms with Gasteiger partial charge in [-0.25, -0.2) is 0 Å². The van der Waals surface area contributed by atoms with Gasteiger partial charge in [0.15, 0.2) is 0 Å². The third-order valence-corrected chi connectivity index (χ3v) is 3.10. The Morgan fingerprint density at radius 1 is 1.45 bits per heavy atom. The van der Waals surface area contributed by atoms with Gasteiger partial charge in [0.05, 0.1) is 23.7 Å². The van der Waals surface area contributed by atoms with E-state index in [9.17, 15) is 4.79 Å². The van der Waals surface area contributed by atoms with Crippen molar-refractivity contribution in [3.63, 3.8) is 0 Å². The second-order valence-electron chi connectivity index (χ2n) is 4.71. The van der Waals surface area contributed by atoms with Gasteiger partial charge in [0, 0.05) is 13.7 Å². The average molecular weight is 275 g/mol. The fourth-order valence-electron chi connectivity index (χ4n) is 1.83. The molecule has 1 aromatic carbocycles. The third kappa shape index (κ3) is 5.00. The van der Waals surface area contributed by atoms with Crippen molar-refractivity contribution < 1.29 is 9.53 Å². The quantitative estimate of drug-likeness (QED) is 0.738. The molecular formula is C15H21N3O2. The van der Waals surface area contributed by atoms with Gasteiger partial charge in [-0.3, -0.25) is 4.79 Å². The molecule has 0 bridgehead atoms. The molecule has 0 radical (unpaired) electrons. The highest BCUT2D eigenvalue weighted by Crippen LogP contribution is 2.13. The molecule has 0 aliphatic rings. The molecule has 0 spiro atoms. The summed E-state index contributed by atoms with van der Waals surface area (Å²) in [6, 6.07) is 8.54. The number of hydrogen-bond donors (Lipinski definition) is 2. The molecule has 108 valence electrons. The molecule has 0 aliphatic carbocycles. The predicted molar refractivity (Wildman–Crippen MR) is 76.8 cm³/mol. The van der Waals surface area contributed by atoms with Crippen molar-refractivity contribution >= 4 is 5.91 Å². The van der Waals surface area contributed by atoms with Gasteiger partial charge in [-0.15, -0.1) is 0 Å². The van der Waals surface area contributed by atoms with E-state index >= 15 is 0 Å². The molecule has 1 amide bonds. The highest BCUT2D eigenvalue weighted by molar-refractivity contribution is 5.81. The molecule has 3 N–H and O–H groups in total. The number of hydrogen-bond acceptors (Lipinski definition) is 4. The Hall–Kier alpha value is -1.90. The number of nitrogens with one attached hydrogen (secondary N) is 1. The number of nitriles is 1. The lowest BCUT2D eigenvalue weighted by atomic mass is 10.1. The summed E-state index contributed by atoms with van der Waals surface area (Å²) in [7, 11) is 1.62. The van der Waals surface area contributed by atoms with E-state index in [-0.39, 0.29) is 11.9 Å². The van der Waals surface area contributed by atoms with Crippen molar-refractivity contribution in [1.82, 2.24) is 5.32 Å². The second-order valence-corrected chi connectivity index (χ2v) is 4.71.